The van der Waals surface area contributed by atoms with E-state index >= 15 is 0 Å². The Kier molecular flexibility index (Phi) is 8.40. The van der Waals surface area contributed by atoms with Crippen molar-refractivity contribution in [2.24, 2.45) is 0 Å². The van der Waals surface area contributed by atoms with Gasteiger partial charge in [0.15, 0.2) is 0 Å². The number of benzene rings is 2. The van der Waals surface area contributed by atoms with Crippen molar-refractivity contribution in [1.29, 1.82) is 0 Å². The lowest BCUT2D eigenvalue weighted by Gasteiger charge is -2.23. The van der Waals surface area contributed by atoms with Crippen LogP contribution < -0.4 is 4.74 Å². The highest BCUT2D eigenvalue weighted by molar-refractivity contribution is 7.89. The number of sulfonamides is 2. The van der Waals surface area contributed by atoms with Gasteiger partial charge in [0.05, 0.1) is 29.1 Å². The van der Waals surface area contributed by atoms with Gasteiger partial charge in [0, 0.05) is 25.8 Å². The summed E-state index contributed by atoms with van der Waals surface area (Å²) >= 11 is 0. The van der Waals surface area contributed by atoms with Crippen LogP contribution in [0.25, 0.3) is 0 Å². The molecule has 3 aromatic rings. The van der Waals surface area contributed by atoms with Crippen molar-refractivity contribution >= 4 is 20.0 Å². The fraction of sp³-hybridized carbons (Fsp3) is 0.346. The summed E-state index contributed by atoms with van der Waals surface area (Å²) in [5.41, 5.74) is 1.39. The number of nitrogens with zero attached hydrogens (tertiary/aromatic N) is 3. The minimum atomic E-state index is -3.95. The summed E-state index contributed by atoms with van der Waals surface area (Å²) in [6.07, 6.45) is 5.32. The van der Waals surface area contributed by atoms with Crippen LogP contribution in [0.15, 0.2) is 82.7 Å². The molecule has 1 aromatic heterocycles. The van der Waals surface area contributed by atoms with E-state index < -0.39 is 20.0 Å². The number of hydrogen-bond donors (Lipinski definition) is 0. The maximum atomic E-state index is 13.7. The predicted molar refractivity (Wildman–Crippen MR) is 137 cm³/mol. The first-order valence-electron chi connectivity index (χ1n) is 11.9. The SMILES string of the molecule is COc1ccc(CN(Cc2ccccn2)S(=O)(=O)c2ccc(S(=O)(=O)N3CCCCCC3)cc2)cc1. The maximum absolute atomic E-state index is 13.7. The number of ether oxygens (including phenoxy) is 1. The van der Waals surface area contributed by atoms with Crippen LogP contribution in [0.5, 0.6) is 5.75 Å². The number of aromatic nitrogens is 1. The summed E-state index contributed by atoms with van der Waals surface area (Å²) in [5, 5.41) is 0. The molecule has 0 amide bonds. The summed E-state index contributed by atoms with van der Waals surface area (Å²) in [7, 11) is -6.05. The topological polar surface area (TPSA) is 96.9 Å². The van der Waals surface area contributed by atoms with E-state index in [0.717, 1.165) is 31.2 Å². The number of pyridine rings is 1. The molecule has 4 rings (SSSR count). The Morgan fingerprint density at radius 3 is 2.03 bits per heavy atom. The normalized spacial score (nSPS) is 15.5. The highest BCUT2D eigenvalue weighted by Gasteiger charge is 2.28. The Labute approximate surface area is 213 Å². The van der Waals surface area contributed by atoms with Gasteiger partial charge in [0.25, 0.3) is 0 Å². The minimum absolute atomic E-state index is 0.0294. The van der Waals surface area contributed by atoms with E-state index in [2.05, 4.69) is 4.98 Å². The van der Waals surface area contributed by atoms with E-state index in [9.17, 15) is 16.8 Å². The van der Waals surface area contributed by atoms with Gasteiger partial charge in [-0.1, -0.05) is 31.0 Å². The molecule has 0 N–H and O–H groups in total. The maximum Gasteiger partial charge on any atom is 0.243 e. The Bertz CT molecular complexity index is 1340. The molecule has 0 atom stereocenters. The Morgan fingerprint density at radius 1 is 0.806 bits per heavy atom. The molecule has 1 saturated heterocycles. The fourth-order valence-electron chi connectivity index (χ4n) is 4.20. The summed E-state index contributed by atoms with van der Waals surface area (Å²) in [5.74, 6) is 0.680. The standard InChI is InChI=1S/C26H31N3O5S2/c1-34-24-11-9-22(10-12-24)20-29(21-23-8-4-5-17-27-23)36(32,33)26-15-13-25(14-16-26)35(30,31)28-18-6-2-3-7-19-28/h4-5,8-17H,2-3,6-7,18-21H2,1H3. The highest BCUT2D eigenvalue weighted by atomic mass is 32.2. The second kappa shape index (κ2) is 11.5. The Morgan fingerprint density at radius 2 is 1.44 bits per heavy atom. The van der Waals surface area contributed by atoms with Crippen LogP contribution in [-0.4, -0.2) is 50.6 Å². The molecule has 0 saturated carbocycles. The lowest BCUT2D eigenvalue weighted by Crippen LogP contribution is -2.32. The Hall–Kier alpha value is -2.79. The first-order valence-corrected chi connectivity index (χ1v) is 14.8. The molecule has 2 heterocycles. The Balaban J connectivity index is 1.61. The van der Waals surface area contributed by atoms with E-state index in [1.807, 2.05) is 18.2 Å². The third-order valence-electron chi connectivity index (χ3n) is 6.25. The smallest absolute Gasteiger partial charge is 0.243 e. The van der Waals surface area contributed by atoms with Crippen molar-refractivity contribution in [3.05, 3.63) is 84.2 Å². The lowest BCUT2D eigenvalue weighted by atomic mass is 10.2. The molecule has 1 aliphatic heterocycles. The number of rotatable bonds is 9. The summed E-state index contributed by atoms with van der Waals surface area (Å²) < 4.78 is 61.7. The van der Waals surface area contributed by atoms with Crippen LogP contribution in [0, 0.1) is 0 Å². The summed E-state index contributed by atoms with van der Waals surface area (Å²) in [6, 6.07) is 18.1. The monoisotopic (exact) mass is 529 g/mol. The summed E-state index contributed by atoms with van der Waals surface area (Å²) in [6.45, 7) is 1.17. The molecular weight excluding hydrogens is 498 g/mol. The van der Waals surface area contributed by atoms with Crippen LogP contribution in [-0.2, 0) is 33.1 Å². The molecule has 0 aliphatic carbocycles. The quantitative estimate of drug-likeness (QED) is 0.415. The largest absolute Gasteiger partial charge is 0.497 e. The molecule has 8 nitrogen and oxygen atoms in total. The average Bonchev–Trinajstić information content (AvgIpc) is 3.20. The molecule has 1 aliphatic rings. The first-order chi connectivity index (χ1) is 17.3. The molecular formula is C26H31N3O5S2. The third-order valence-corrected chi connectivity index (χ3v) is 9.97. The van der Waals surface area contributed by atoms with E-state index in [4.69, 9.17) is 4.74 Å². The molecule has 36 heavy (non-hydrogen) atoms. The van der Waals surface area contributed by atoms with Gasteiger partial charge in [-0.05, 0) is 66.9 Å². The van der Waals surface area contributed by atoms with Crippen molar-refractivity contribution in [1.82, 2.24) is 13.6 Å². The molecule has 0 unspecified atom stereocenters. The van der Waals surface area contributed by atoms with Gasteiger partial charge in [-0.3, -0.25) is 4.98 Å². The highest BCUT2D eigenvalue weighted by Crippen LogP contribution is 2.25. The minimum Gasteiger partial charge on any atom is -0.497 e. The number of hydrogen-bond acceptors (Lipinski definition) is 6. The molecule has 192 valence electrons. The van der Waals surface area contributed by atoms with Gasteiger partial charge in [-0.25, -0.2) is 16.8 Å². The van der Waals surface area contributed by atoms with Gasteiger partial charge in [-0.2, -0.15) is 8.61 Å². The van der Waals surface area contributed by atoms with Gasteiger partial charge >= 0.3 is 0 Å². The van der Waals surface area contributed by atoms with Gasteiger partial charge in [-0.15, -0.1) is 0 Å². The van der Waals surface area contributed by atoms with Crippen molar-refractivity contribution in [3.63, 3.8) is 0 Å². The van der Waals surface area contributed by atoms with Crippen LogP contribution >= 0.6 is 0 Å². The second-order valence-corrected chi connectivity index (χ2v) is 12.6. The van der Waals surface area contributed by atoms with Crippen molar-refractivity contribution in [2.45, 2.75) is 48.6 Å². The van der Waals surface area contributed by atoms with E-state index in [0.29, 0.717) is 24.5 Å². The zero-order chi connectivity index (χ0) is 25.6. The van der Waals surface area contributed by atoms with E-state index in [-0.39, 0.29) is 22.9 Å². The van der Waals surface area contributed by atoms with E-state index in [1.54, 1.807) is 37.6 Å². The molecule has 0 spiro atoms. The molecule has 0 bridgehead atoms. The number of methoxy groups -OCH3 is 1. The fourth-order valence-corrected chi connectivity index (χ4v) is 7.11. The van der Waals surface area contributed by atoms with Gasteiger partial charge in [0.1, 0.15) is 5.75 Å². The third kappa shape index (κ3) is 6.12. The van der Waals surface area contributed by atoms with Gasteiger partial charge < -0.3 is 4.74 Å². The molecule has 0 radical (unpaired) electrons. The summed E-state index contributed by atoms with van der Waals surface area (Å²) in [4.78, 5) is 4.43. The van der Waals surface area contributed by atoms with Crippen molar-refractivity contribution in [2.75, 3.05) is 20.2 Å². The van der Waals surface area contributed by atoms with Crippen molar-refractivity contribution < 1.29 is 21.6 Å². The van der Waals surface area contributed by atoms with Crippen molar-refractivity contribution in [3.8, 4) is 5.75 Å². The van der Waals surface area contributed by atoms with Gasteiger partial charge in [0.2, 0.25) is 20.0 Å². The van der Waals surface area contributed by atoms with Crippen LogP contribution in [0.4, 0.5) is 0 Å². The zero-order valence-corrected chi connectivity index (χ0v) is 21.9. The van der Waals surface area contributed by atoms with Crippen LogP contribution in [0.3, 0.4) is 0 Å². The second-order valence-electron chi connectivity index (χ2n) is 8.73. The average molecular weight is 530 g/mol. The molecule has 1 fully saturated rings. The van der Waals surface area contributed by atoms with Crippen LogP contribution in [0.2, 0.25) is 0 Å². The predicted octanol–water partition coefficient (Wildman–Crippen LogP) is 4.05. The molecule has 10 heteroatoms. The van der Waals surface area contributed by atoms with E-state index in [1.165, 1.54) is 32.9 Å². The first kappa shape index (κ1) is 26.3. The zero-order valence-electron chi connectivity index (χ0n) is 20.3. The molecule has 2 aromatic carbocycles. The lowest BCUT2D eigenvalue weighted by molar-refractivity contribution is 0.395. The van der Waals surface area contributed by atoms with Crippen LogP contribution in [0.1, 0.15) is 36.9 Å².